The Morgan fingerprint density at radius 1 is 1.50 bits per heavy atom. The zero-order valence-corrected chi connectivity index (χ0v) is 10.8. The van der Waals surface area contributed by atoms with Gasteiger partial charge < -0.3 is 14.8 Å². The monoisotopic (exact) mass is 251 g/mol. The van der Waals surface area contributed by atoms with Crippen LogP contribution < -0.4 is 5.32 Å². The Hall–Kier alpha value is -1.29. The molecule has 0 radical (unpaired) electrons. The first-order chi connectivity index (χ1) is 8.70. The number of amides is 1. The molecule has 1 aliphatic carbocycles. The molecule has 2 N–H and O–H groups in total. The van der Waals surface area contributed by atoms with Crippen LogP contribution in [0.1, 0.15) is 48.9 Å². The molecular weight excluding hydrogens is 230 g/mol. The average Bonchev–Trinajstić information content (AvgIpc) is 3.05. The molecule has 1 unspecified atom stereocenters. The molecule has 0 spiro atoms. The van der Waals surface area contributed by atoms with Crippen molar-refractivity contribution in [2.45, 2.75) is 45.1 Å². The summed E-state index contributed by atoms with van der Waals surface area (Å²) >= 11 is 0. The first kappa shape index (κ1) is 13.1. The second-order valence-electron chi connectivity index (χ2n) is 4.94. The molecule has 0 saturated heterocycles. The maximum Gasteiger partial charge on any atom is 0.287 e. The maximum absolute atomic E-state index is 11.8. The van der Waals surface area contributed by atoms with Gasteiger partial charge in [-0.2, -0.15) is 0 Å². The number of rotatable bonds is 5. The molecule has 1 aromatic rings. The molecule has 1 aromatic heterocycles. The number of aliphatic hydroxyl groups is 1. The largest absolute Gasteiger partial charge is 0.456 e. The predicted octanol–water partition coefficient (Wildman–Crippen LogP) is 2.12. The van der Waals surface area contributed by atoms with Gasteiger partial charge >= 0.3 is 0 Å². The van der Waals surface area contributed by atoms with Gasteiger partial charge in [-0.3, -0.25) is 4.79 Å². The fourth-order valence-corrected chi connectivity index (χ4v) is 2.48. The highest BCUT2D eigenvalue weighted by Crippen LogP contribution is 2.27. The lowest BCUT2D eigenvalue weighted by Crippen LogP contribution is -2.35. The molecule has 1 aliphatic rings. The first-order valence-electron chi connectivity index (χ1n) is 6.75. The van der Waals surface area contributed by atoms with Crippen molar-refractivity contribution >= 4 is 5.91 Å². The minimum atomic E-state index is -0.433. The molecular formula is C14H21NO3. The van der Waals surface area contributed by atoms with Gasteiger partial charge in [0, 0.05) is 13.0 Å². The van der Waals surface area contributed by atoms with E-state index in [4.69, 9.17) is 4.42 Å². The Bertz CT molecular complexity index is 393. The van der Waals surface area contributed by atoms with Crippen LogP contribution in [-0.2, 0) is 6.42 Å². The molecule has 2 rings (SSSR count). The average molecular weight is 251 g/mol. The number of hydrogen-bond acceptors (Lipinski definition) is 3. The van der Waals surface area contributed by atoms with Crippen LogP contribution in [0.5, 0.6) is 0 Å². The van der Waals surface area contributed by atoms with Crippen molar-refractivity contribution in [2.75, 3.05) is 6.54 Å². The summed E-state index contributed by atoms with van der Waals surface area (Å²) in [5.74, 6) is 1.22. The van der Waals surface area contributed by atoms with E-state index in [-0.39, 0.29) is 5.91 Å². The normalized spacial score (nSPS) is 17.9. The summed E-state index contributed by atoms with van der Waals surface area (Å²) in [6.07, 6.45) is 4.85. The van der Waals surface area contributed by atoms with Crippen molar-refractivity contribution in [3.05, 3.63) is 23.7 Å². The Kier molecular flexibility index (Phi) is 4.42. The third-order valence-corrected chi connectivity index (χ3v) is 3.65. The van der Waals surface area contributed by atoms with Crippen LogP contribution in [0.15, 0.2) is 16.5 Å². The lowest BCUT2D eigenvalue weighted by Gasteiger charge is -2.17. The van der Waals surface area contributed by atoms with E-state index in [2.05, 4.69) is 5.32 Å². The Morgan fingerprint density at radius 3 is 2.83 bits per heavy atom. The summed E-state index contributed by atoms with van der Waals surface area (Å²) in [5, 5.41) is 12.7. The molecule has 100 valence electrons. The van der Waals surface area contributed by atoms with E-state index in [0.717, 1.165) is 25.0 Å². The van der Waals surface area contributed by atoms with Crippen LogP contribution in [0.2, 0.25) is 0 Å². The van der Waals surface area contributed by atoms with E-state index < -0.39 is 6.10 Å². The van der Waals surface area contributed by atoms with Crippen LogP contribution in [0.3, 0.4) is 0 Å². The van der Waals surface area contributed by atoms with E-state index in [1.807, 2.05) is 13.0 Å². The van der Waals surface area contributed by atoms with Gasteiger partial charge in [0.2, 0.25) is 0 Å². The van der Waals surface area contributed by atoms with Gasteiger partial charge in [0.25, 0.3) is 5.91 Å². The molecule has 4 heteroatoms. The number of nitrogens with one attached hydrogen (secondary N) is 1. The van der Waals surface area contributed by atoms with Gasteiger partial charge in [0.1, 0.15) is 5.76 Å². The van der Waals surface area contributed by atoms with E-state index in [9.17, 15) is 9.90 Å². The smallest absolute Gasteiger partial charge is 0.287 e. The minimum absolute atomic E-state index is 0.244. The van der Waals surface area contributed by atoms with Gasteiger partial charge in [-0.05, 0) is 30.9 Å². The number of carbonyl (C=O) groups excluding carboxylic acids is 1. The standard InChI is InChI=1S/C14H21NO3/c1-2-11-7-8-13(18-11)14(17)15-9-12(16)10-5-3-4-6-10/h7-8,10,12,16H,2-6,9H2,1H3,(H,15,17). The number of aryl methyl sites for hydroxylation is 1. The summed E-state index contributed by atoms with van der Waals surface area (Å²) in [6, 6.07) is 3.48. The Labute approximate surface area is 107 Å². The van der Waals surface area contributed by atoms with Crippen molar-refractivity contribution in [1.29, 1.82) is 0 Å². The predicted molar refractivity (Wildman–Crippen MR) is 68.4 cm³/mol. The van der Waals surface area contributed by atoms with Crippen LogP contribution in [0.25, 0.3) is 0 Å². The number of hydrogen-bond donors (Lipinski definition) is 2. The zero-order valence-electron chi connectivity index (χ0n) is 10.8. The van der Waals surface area contributed by atoms with E-state index >= 15 is 0 Å². The first-order valence-corrected chi connectivity index (χ1v) is 6.75. The lowest BCUT2D eigenvalue weighted by molar-refractivity contribution is 0.0817. The molecule has 0 aliphatic heterocycles. The number of carbonyl (C=O) groups is 1. The van der Waals surface area contributed by atoms with Gasteiger partial charge in [-0.1, -0.05) is 19.8 Å². The van der Waals surface area contributed by atoms with E-state index in [1.54, 1.807) is 6.07 Å². The third-order valence-electron chi connectivity index (χ3n) is 3.65. The highest BCUT2D eigenvalue weighted by atomic mass is 16.3. The van der Waals surface area contributed by atoms with Crippen LogP contribution in [0, 0.1) is 5.92 Å². The SMILES string of the molecule is CCc1ccc(C(=O)NCC(O)C2CCCC2)o1. The van der Waals surface area contributed by atoms with Crippen molar-refractivity contribution in [2.24, 2.45) is 5.92 Å². The van der Waals surface area contributed by atoms with Crippen LogP contribution >= 0.6 is 0 Å². The second-order valence-corrected chi connectivity index (χ2v) is 4.94. The summed E-state index contributed by atoms with van der Waals surface area (Å²) in [4.78, 5) is 11.8. The van der Waals surface area contributed by atoms with Crippen molar-refractivity contribution in [3.8, 4) is 0 Å². The van der Waals surface area contributed by atoms with Gasteiger partial charge in [-0.25, -0.2) is 0 Å². The quantitative estimate of drug-likeness (QED) is 0.842. The fraction of sp³-hybridized carbons (Fsp3) is 0.643. The van der Waals surface area contributed by atoms with Crippen LogP contribution in [0.4, 0.5) is 0 Å². The molecule has 18 heavy (non-hydrogen) atoms. The molecule has 1 heterocycles. The van der Waals surface area contributed by atoms with Gasteiger partial charge in [0.05, 0.1) is 6.10 Å². The summed E-state index contributed by atoms with van der Waals surface area (Å²) in [7, 11) is 0. The minimum Gasteiger partial charge on any atom is -0.456 e. The highest BCUT2D eigenvalue weighted by molar-refractivity contribution is 5.91. The second kappa shape index (κ2) is 6.05. The number of furan rings is 1. The molecule has 4 nitrogen and oxygen atoms in total. The highest BCUT2D eigenvalue weighted by Gasteiger charge is 2.23. The third kappa shape index (κ3) is 3.13. The lowest BCUT2D eigenvalue weighted by atomic mass is 10.0. The Balaban J connectivity index is 1.80. The van der Waals surface area contributed by atoms with Crippen molar-refractivity contribution in [1.82, 2.24) is 5.32 Å². The molecule has 1 saturated carbocycles. The summed E-state index contributed by atoms with van der Waals surface area (Å²) in [6.45, 7) is 2.29. The van der Waals surface area contributed by atoms with Crippen molar-refractivity contribution in [3.63, 3.8) is 0 Å². The summed E-state index contributed by atoms with van der Waals surface area (Å²) < 4.78 is 5.36. The topological polar surface area (TPSA) is 62.5 Å². The Morgan fingerprint density at radius 2 is 2.22 bits per heavy atom. The van der Waals surface area contributed by atoms with Gasteiger partial charge in [-0.15, -0.1) is 0 Å². The molecule has 1 atom stereocenters. The van der Waals surface area contributed by atoms with E-state index in [1.165, 1.54) is 12.8 Å². The number of aliphatic hydroxyl groups excluding tert-OH is 1. The molecule has 0 aromatic carbocycles. The molecule has 1 fully saturated rings. The van der Waals surface area contributed by atoms with E-state index in [0.29, 0.717) is 18.2 Å². The van der Waals surface area contributed by atoms with Gasteiger partial charge in [0.15, 0.2) is 5.76 Å². The maximum atomic E-state index is 11.8. The zero-order chi connectivity index (χ0) is 13.0. The van der Waals surface area contributed by atoms with Crippen LogP contribution in [-0.4, -0.2) is 23.7 Å². The summed E-state index contributed by atoms with van der Waals surface area (Å²) in [5.41, 5.74) is 0. The van der Waals surface area contributed by atoms with Crippen molar-refractivity contribution < 1.29 is 14.3 Å². The molecule has 0 bridgehead atoms. The molecule has 1 amide bonds. The fourth-order valence-electron chi connectivity index (χ4n) is 2.48.